The van der Waals surface area contributed by atoms with Crippen LogP contribution in [0.4, 0.5) is 0 Å². The van der Waals surface area contributed by atoms with E-state index in [0.29, 0.717) is 6.61 Å². The molecule has 1 aliphatic rings. The number of likely N-dealkylation sites (N-methyl/N-ethyl adjacent to an activating group) is 1. The van der Waals surface area contributed by atoms with Crippen molar-refractivity contribution in [3.63, 3.8) is 0 Å². The predicted molar refractivity (Wildman–Crippen MR) is 34.1 cm³/mol. The molecule has 0 spiro atoms. The normalized spacial score (nSPS) is 39.0. The fraction of sp³-hybridized carbons (Fsp3) is 1.00. The van der Waals surface area contributed by atoms with Crippen molar-refractivity contribution in [2.24, 2.45) is 0 Å². The second-order valence-electron chi connectivity index (χ2n) is 2.48. The Morgan fingerprint density at radius 2 is 2.33 bits per heavy atom. The third-order valence-corrected chi connectivity index (χ3v) is 1.84. The van der Waals surface area contributed by atoms with Gasteiger partial charge in [-0.05, 0) is 14.0 Å². The summed E-state index contributed by atoms with van der Waals surface area (Å²) < 4.78 is 4.97. The van der Waals surface area contributed by atoms with E-state index in [1.165, 1.54) is 0 Å². The van der Waals surface area contributed by atoms with Gasteiger partial charge in [0.15, 0.2) is 6.29 Å². The molecule has 0 aromatic carbocycles. The lowest BCUT2D eigenvalue weighted by molar-refractivity contribution is -0.169. The third-order valence-electron chi connectivity index (χ3n) is 1.84. The van der Waals surface area contributed by atoms with Gasteiger partial charge < -0.3 is 9.84 Å². The Morgan fingerprint density at radius 1 is 1.67 bits per heavy atom. The van der Waals surface area contributed by atoms with Crippen LogP contribution in [0.3, 0.4) is 0 Å². The maximum Gasteiger partial charge on any atom is 0.169 e. The Morgan fingerprint density at radius 3 is 2.78 bits per heavy atom. The summed E-state index contributed by atoms with van der Waals surface area (Å²) in [6, 6.07) is 0.138. The van der Waals surface area contributed by atoms with E-state index in [2.05, 4.69) is 4.90 Å². The molecule has 2 atom stereocenters. The van der Waals surface area contributed by atoms with E-state index in [4.69, 9.17) is 9.84 Å². The Labute approximate surface area is 55.2 Å². The van der Waals surface area contributed by atoms with Gasteiger partial charge in [0.2, 0.25) is 0 Å². The highest BCUT2D eigenvalue weighted by molar-refractivity contribution is 4.69. The first-order valence-electron chi connectivity index (χ1n) is 3.21. The van der Waals surface area contributed by atoms with Crippen molar-refractivity contribution in [1.82, 2.24) is 4.90 Å². The smallest absolute Gasteiger partial charge is 0.169 e. The van der Waals surface area contributed by atoms with Crippen molar-refractivity contribution in [2.45, 2.75) is 19.3 Å². The largest absolute Gasteiger partial charge is 0.367 e. The summed E-state index contributed by atoms with van der Waals surface area (Å²) in [5, 5.41) is 9.08. The van der Waals surface area contributed by atoms with E-state index < -0.39 is 6.29 Å². The number of ether oxygens (including phenoxy) is 1. The van der Waals surface area contributed by atoms with E-state index in [9.17, 15) is 0 Å². The molecule has 1 N–H and O–H groups in total. The van der Waals surface area contributed by atoms with Gasteiger partial charge in [-0.25, -0.2) is 0 Å². The average Bonchev–Trinajstić information content (AvgIpc) is 1.83. The number of morpholine rings is 1. The van der Waals surface area contributed by atoms with Gasteiger partial charge in [-0.3, -0.25) is 4.90 Å². The molecule has 0 aromatic rings. The van der Waals surface area contributed by atoms with Gasteiger partial charge in [-0.1, -0.05) is 0 Å². The van der Waals surface area contributed by atoms with Crippen LogP contribution in [0.5, 0.6) is 0 Å². The number of aliphatic hydroxyl groups excluding tert-OH is 1. The van der Waals surface area contributed by atoms with Crippen LogP contribution in [-0.2, 0) is 4.74 Å². The van der Waals surface area contributed by atoms with E-state index in [0.717, 1.165) is 6.54 Å². The van der Waals surface area contributed by atoms with E-state index in [1.807, 2.05) is 14.0 Å². The molecule has 1 heterocycles. The Kier molecular flexibility index (Phi) is 2.05. The van der Waals surface area contributed by atoms with Crippen LogP contribution < -0.4 is 0 Å². The molecule has 1 rings (SSSR count). The van der Waals surface area contributed by atoms with Gasteiger partial charge in [0, 0.05) is 6.54 Å². The molecule has 54 valence electrons. The molecule has 2 unspecified atom stereocenters. The second-order valence-corrected chi connectivity index (χ2v) is 2.48. The number of hydrogen-bond acceptors (Lipinski definition) is 3. The maximum atomic E-state index is 9.08. The molecule has 1 fully saturated rings. The lowest BCUT2D eigenvalue weighted by Gasteiger charge is -2.33. The van der Waals surface area contributed by atoms with Crippen molar-refractivity contribution >= 4 is 0 Å². The maximum absolute atomic E-state index is 9.08. The minimum atomic E-state index is -0.594. The highest BCUT2D eigenvalue weighted by Gasteiger charge is 2.23. The fourth-order valence-electron chi connectivity index (χ4n) is 0.878. The summed E-state index contributed by atoms with van der Waals surface area (Å²) in [5.41, 5.74) is 0. The van der Waals surface area contributed by atoms with Crippen molar-refractivity contribution in [3.8, 4) is 0 Å². The van der Waals surface area contributed by atoms with Gasteiger partial charge in [-0.2, -0.15) is 0 Å². The average molecular weight is 131 g/mol. The van der Waals surface area contributed by atoms with Gasteiger partial charge >= 0.3 is 0 Å². The van der Waals surface area contributed by atoms with Crippen molar-refractivity contribution < 1.29 is 9.84 Å². The Balaban J connectivity index is 2.41. The van der Waals surface area contributed by atoms with Crippen LogP contribution in [-0.4, -0.2) is 42.5 Å². The van der Waals surface area contributed by atoms with Crippen molar-refractivity contribution in [3.05, 3.63) is 0 Å². The van der Waals surface area contributed by atoms with Crippen LogP contribution in [0.1, 0.15) is 6.92 Å². The predicted octanol–water partition coefficient (Wildman–Crippen LogP) is -0.345. The molecule has 0 radical (unpaired) electrons. The van der Waals surface area contributed by atoms with Crippen LogP contribution in [0.2, 0.25) is 0 Å². The summed E-state index contributed by atoms with van der Waals surface area (Å²) in [6.07, 6.45) is -0.594. The molecule has 1 aliphatic heterocycles. The molecule has 3 heteroatoms. The van der Waals surface area contributed by atoms with Crippen LogP contribution in [0.15, 0.2) is 0 Å². The summed E-state index contributed by atoms with van der Waals surface area (Å²) >= 11 is 0. The molecule has 1 saturated heterocycles. The minimum Gasteiger partial charge on any atom is -0.367 e. The third kappa shape index (κ3) is 1.41. The number of rotatable bonds is 0. The number of aliphatic hydroxyl groups is 1. The Bertz CT molecular complexity index is 87.1. The standard InChI is InChI=1S/C6H13NO2/c1-5-6(8)9-4-3-7(5)2/h5-6,8H,3-4H2,1-2H3. The molecule has 0 aromatic heterocycles. The van der Waals surface area contributed by atoms with E-state index in [-0.39, 0.29) is 6.04 Å². The van der Waals surface area contributed by atoms with Gasteiger partial charge in [-0.15, -0.1) is 0 Å². The lowest BCUT2D eigenvalue weighted by Crippen LogP contribution is -2.47. The minimum absolute atomic E-state index is 0.138. The van der Waals surface area contributed by atoms with Crippen molar-refractivity contribution in [1.29, 1.82) is 0 Å². The first-order valence-corrected chi connectivity index (χ1v) is 3.21. The van der Waals surface area contributed by atoms with Gasteiger partial charge in [0.25, 0.3) is 0 Å². The van der Waals surface area contributed by atoms with Crippen LogP contribution in [0.25, 0.3) is 0 Å². The molecular weight excluding hydrogens is 118 g/mol. The first kappa shape index (κ1) is 6.99. The van der Waals surface area contributed by atoms with Gasteiger partial charge in [0.1, 0.15) is 0 Å². The van der Waals surface area contributed by atoms with Crippen LogP contribution >= 0.6 is 0 Å². The number of hydrogen-bond donors (Lipinski definition) is 1. The zero-order chi connectivity index (χ0) is 6.85. The SMILES string of the molecule is CC1C(O)OCCN1C. The quantitative estimate of drug-likeness (QED) is 0.488. The second kappa shape index (κ2) is 2.64. The molecule has 0 aliphatic carbocycles. The van der Waals surface area contributed by atoms with Crippen LogP contribution in [0, 0.1) is 0 Å². The zero-order valence-electron chi connectivity index (χ0n) is 5.87. The van der Waals surface area contributed by atoms with Gasteiger partial charge in [0.05, 0.1) is 12.6 Å². The molecule has 3 nitrogen and oxygen atoms in total. The zero-order valence-corrected chi connectivity index (χ0v) is 5.87. The molecule has 0 saturated carbocycles. The first-order chi connectivity index (χ1) is 4.22. The van der Waals surface area contributed by atoms with E-state index >= 15 is 0 Å². The summed E-state index contributed by atoms with van der Waals surface area (Å²) in [5.74, 6) is 0. The molecule has 0 amide bonds. The monoisotopic (exact) mass is 131 g/mol. The van der Waals surface area contributed by atoms with Crippen molar-refractivity contribution in [2.75, 3.05) is 20.2 Å². The fourth-order valence-corrected chi connectivity index (χ4v) is 0.878. The lowest BCUT2D eigenvalue weighted by atomic mass is 10.2. The Hall–Kier alpha value is -0.120. The topological polar surface area (TPSA) is 32.7 Å². The molecular formula is C6H13NO2. The highest BCUT2D eigenvalue weighted by atomic mass is 16.6. The molecule has 9 heavy (non-hydrogen) atoms. The molecule has 0 bridgehead atoms. The number of nitrogens with zero attached hydrogens (tertiary/aromatic N) is 1. The summed E-state index contributed by atoms with van der Waals surface area (Å²) in [6.45, 7) is 3.50. The highest BCUT2D eigenvalue weighted by Crippen LogP contribution is 2.07. The summed E-state index contributed by atoms with van der Waals surface area (Å²) in [4.78, 5) is 2.08. The summed E-state index contributed by atoms with van der Waals surface area (Å²) in [7, 11) is 1.98. The van der Waals surface area contributed by atoms with E-state index in [1.54, 1.807) is 0 Å².